The molecule has 0 radical (unpaired) electrons. The first-order chi connectivity index (χ1) is 6.73. The average Bonchev–Trinajstić information content (AvgIpc) is 2.90. The normalized spacial score (nSPS) is 29.2. The molecule has 0 saturated heterocycles. The van der Waals surface area contributed by atoms with Gasteiger partial charge in [-0.2, -0.15) is 0 Å². The van der Waals surface area contributed by atoms with Gasteiger partial charge in [0.1, 0.15) is 0 Å². The summed E-state index contributed by atoms with van der Waals surface area (Å²) >= 11 is 0. The average molecular weight is 218 g/mol. The van der Waals surface area contributed by atoms with Gasteiger partial charge in [0.2, 0.25) is 0 Å². The fraction of sp³-hybridized carbons (Fsp3) is 1.00. The van der Waals surface area contributed by atoms with Crippen molar-refractivity contribution in [1.29, 1.82) is 0 Å². The minimum atomic E-state index is -2.25. The Labute approximate surface area is 85.7 Å². The number of hydrogen-bond donors (Lipinski definition) is 0. The molecule has 0 aliphatic heterocycles. The van der Waals surface area contributed by atoms with Gasteiger partial charge in [-0.1, -0.05) is 0 Å². The molecule has 3 nitrogen and oxygen atoms in total. The van der Waals surface area contributed by atoms with Crippen LogP contribution in [0, 0.1) is 0 Å². The van der Waals surface area contributed by atoms with E-state index in [-0.39, 0.29) is 0 Å². The molecular weight excluding hydrogens is 199 g/mol. The summed E-state index contributed by atoms with van der Waals surface area (Å²) in [6.07, 6.45) is 8.54. The van der Waals surface area contributed by atoms with Gasteiger partial charge in [0.05, 0.1) is 0 Å². The van der Waals surface area contributed by atoms with Crippen LogP contribution >= 0.6 is 7.94 Å². The summed E-state index contributed by atoms with van der Waals surface area (Å²) in [6, 6.07) is 0. The van der Waals surface area contributed by atoms with Crippen LogP contribution in [-0.2, 0) is 13.6 Å². The van der Waals surface area contributed by atoms with E-state index >= 15 is 0 Å². The van der Waals surface area contributed by atoms with Gasteiger partial charge in [0.25, 0.3) is 0 Å². The van der Waals surface area contributed by atoms with E-state index in [4.69, 9.17) is 13.6 Å². The Morgan fingerprint density at radius 2 is 1.00 bits per heavy atom. The van der Waals surface area contributed by atoms with E-state index in [1.165, 1.54) is 38.5 Å². The van der Waals surface area contributed by atoms with Crippen molar-refractivity contribution in [3.05, 3.63) is 0 Å². The van der Waals surface area contributed by atoms with Gasteiger partial charge in [-0.3, -0.25) is 0 Å². The molecule has 0 spiro atoms. The molecule has 0 amide bonds. The monoisotopic (exact) mass is 218 g/mol. The van der Waals surface area contributed by atoms with E-state index in [0.717, 1.165) is 0 Å². The Balaban J connectivity index is 1.56. The third kappa shape index (κ3) is 2.66. The summed E-state index contributed by atoms with van der Waals surface area (Å²) in [7, 11) is -2.25. The van der Waals surface area contributed by atoms with Gasteiger partial charge in [-0.25, -0.2) is 0 Å². The van der Waals surface area contributed by atoms with Crippen LogP contribution in [0.3, 0.4) is 0 Å². The van der Waals surface area contributed by atoms with Crippen LogP contribution in [0.15, 0.2) is 0 Å². The van der Waals surface area contributed by atoms with Crippen molar-refractivity contribution in [3.63, 3.8) is 0 Å². The Bertz CT molecular complexity index is 185. The van der Waals surface area contributed by atoms with Crippen LogP contribution in [-0.4, -0.2) is 25.0 Å². The van der Waals surface area contributed by atoms with Gasteiger partial charge >= 0.3 is 85.0 Å². The van der Waals surface area contributed by atoms with Gasteiger partial charge in [0.15, 0.2) is 0 Å². The number of rotatable bonds is 6. The first-order valence-corrected chi connectivity index (χ1v) is 7.99. The van der Waals surface area contributed by atoms with Crippen LogP contribution in [0.1, 0.15) is 38.5 Å². The van der Waals surface area contributed by atoms with Gasteiger partial charge in [0, 0.05) is 0 Å². The van der Waals surface area contributed by atoms with Crippen molar-refractivity contribution in [3.8, 4) is 0 Å². The van der Waals surface area contributed by atoms with Crippen LogP contribution in [0.25, 0.3) is 0 Å². The van der Waals surface area contributed by atoms with Gasteiger partial charge < -0.3 is 0 Å². The van der Waals surface area contributed by atoms with E-state index in [2.05, 4.69) is 6.66 Å². The molecule has 0 atom stereocenters. The fourth-order valence-electron chi connectivity index (χ4n) is 1.55. The molecule has 0 aromatic heterocycles. The zero-order chi connectivity index (χ0) is 9.60. The van der Waals surface area contributed by atoms with Crippen molar-refractivity contribution in [2.24, 2.45) is 0 Å². The first-order valence-electron chi connectivity index (χ1n) is 5.77. The summed E-state index contributed by atoms with van der Waals surface area (Å²) in [5.41, 5.74) is 0. The van der Waals surface area contributed by atoms with E-state index in [9.17, 15) is 0 Å². The third-order valence-corrected chi connectivity index (χ3v) is 5.00. The van der Waals surface area contributed by atoms with E-state index < -0.39 is 7.94 Å². The van der Waals surface area contributed by atoms with Crippen molar-refractivity contribution in [1.82, 2.24) is 0 Å². The van der Waals surface area contributed by atoms with Crippen LogP contribution in [0.5, 0.6) is 0 Å². The predicted molar refractivity (Wildman–Crippen MR) is 56.6 cm³/mol. The van der Waals surface area contributed by atoms with E-state index in [1.54, 1.807) is 0 Å². The minimum absolute atomic E-state index is 0.448. The molecule has 0 aromatic rings. The SMILES string of the molecule is C[PH](OC1CC1)(OC1CC1)OC1CC1. The van der Waals surface area contributed by atoms with E-state index in [0.29, 0.717) is 18.3 Å². The van der Waals surface area contributed by atoms with Gasteiger partial charge in [-0.05, 0) is 0 Å². The summed E-state index contributed by atoms with van der Waals surface area (Å²) in [5.74, 6) is 0. The molecule has 14 heavy (non-hydrogen) atoms. The van der Waals surface area contributed by atoms with Crippen LogP contribution < -0.4 is 0 Å². The molecule has 82 valence electrons. The molecule has 3 saturated carbocycles. The second-order valence-corrected chi connectivity index (χ2v) is 7.25. The second-order valence-electron chi connectivity index (χ2n) is 4.81. The molecular formula is C10H19O3P. The zero-order valence-electron chi connectivity index (χ0n) is 8.70. The first kappa shape index (κ1) is 9.53. The van der Waals surface area contributed by atoms with Crippen LogP contribution in [0.2, 0.25) is 0 Å². The van der Waals surface area contributed by atoms with Crippen LogP contribution in [0.4, 0.5) is 0 Å². The predicted octanol–water partition coefficient (Wildman–Crippen LogP) is 2.65. The molecule has 3 aliphatic carbocycles. The number of hydrogen-bond acceptors (Lipinski definition) is 3. The Morgan fingerprint density at radius 1 is 0.714 bits per heavy atom. The third-order valence-electron chi connectivity index (χ3n) is 2.72. The van der Waals surface area contributed by atoms with E-state index in [1.807, 2.05) is 0 Å². The fourth-order valence-corrected chi connectivity index (χ4v) is 4.24. The Kier molecular flexibility index (Phi) is 2.32. The maximum absolute atomic E-state index is 5.94. The molecule has 3 fully saturated rings. The molecule has 3 rings (SSSR count). The maximum atomic E-state index is 5.94. The topological polar surface area (TPSA) is 27.7 Å². The molecule has 0 heterocycles. The molecule has 4 heteroatoms. The zero-order valence-corrected chi connectivity index (χ0v) is 9.70. The van der Waals surface area contributed by atoms with Crippen molar-refractivity contribution in [2.45, 2.75) is 56.8 Å². The standard InChI is InChI=1S/C10H19O3P/c1-14(11-8-2-3-8,12-9-4-5-9)13-10-6-7-10/h8-10,14H,2-7H2,1H3. The molecule has 0 bridgehead atoms. The van der Waals surface area contributed by atoms with Crippen molar-refractivity contribution >= 4 is 7.94 Å². The summed E-state index contributed by atoms with van der Waals surface area (Å²) in [4.78, 5) is 0. The van der Waals surface area contributed by atoms with Crippen molar-refractivity contribution in [2.75, 3.05) is 6.66 Å². The quantitative estimate of drug-likeness (QED) is 0.641. The summed E-state index contributed by atoms with van der Waals surface area (Å²) in [6.45, 7) is 2.07. The second kappa shape index (κ2) is 3.41. The molecule has 0 aromatic carbocycles. The molecule has 3 aliphatic rings. The van der Waals surface area contributed by atoms with Gasteiger partial charge in [-0.15, -0.1) is 0 Å². The molecule has 0 unspecified atom stereocenters. The summed E-state index contributed by atoms with van der Waals surface area (Å²) < 4.78 is 17.8. The van der Waals surface area contributed by atoms with Crippen molar-refractivity contribution < 1.29 is 13.6 Å². The molecule has 0 N–H and O–H groups in total. The Morgan fingerprint density at radius 3 is 1.21 bits per heavy atom. The summed E-state index contributed by atoms with van der Waals surface area (Å²) in [5, 5.41) is 0. The Hall–Kier alpha value is 0.310.